The van der Waals surface area contributed by atoms with Crippen LogP contribution in [0.2, 0.25) is 0 Å². The summed E-state index contributed by atoms with van der Waals surface area (Å²) in [6.45, 7) is -0.578. The Morgan fingerprint density at radius 1 is 1.04 bits per heavy atom. The zero-order valence-electron chi connectivity index (χ0n) is 15.5. The molecule has 148 valence electrons. The van der Waals surface area contributed by atoms with Crippen LogP contribution in [0.25, 0.3) is 0 Å². The zero-order chi connectivity index (χ0) is 20.5. The summed E-state index contributed by atoms with van der Waals surface area (Å²) in [5.74, 6) is -2.01. The third-order valence-electron chi connectivity index (χ3n) is 3.85. The van der Waals surface area contributed by atoms with Gasteiger partial charge < -0.3 is 14.8 Å². The van der Waals surface area contributed by atoms with Crippen molar-refractivity contribution in [2.75, 3.05) is 20.0 Å². The molecule has 0 spiro atoms. The molecular formula is C20H21NO6S. The molecule has 2 atom stereocenters. The van der Waals surface area contributed by atoms with Crippen molar-refractivity contribution >= 4 is 28.6 Å². The number of rotatable bonds is 8. The molecule has 28 heavy (non-hydrogen) atoms. The Bertz CT molecular complexity index is 868. The summed E-state index contributed by atoms with van der Waals surface area (Å²) in [7, 11) is -0.147. The number of methoxy groups -OCH3 is 1. The molecule has 2 aromatic carbocycles. The molecule has 0 heterocycles. The largest absolute Gasteiger partial charge is 0.467 e. The second-order valence-corrected chi connectivity index (χ2v) is 7.21. The lowest BCUT2D eigenvalue weighted by molar-refractivity contribution is -0.145. The first kappa shape index (κ1) is 21.3. The Kier molecular flexibility index (Phi) is 7.88. The van der Waals surface area contributed by atoms with Crippen molar-refractivity contribution in [1.82, 2.24) is 5.32 Å². The van der Waals surface area contributed by atoms with Crippen LogP contribution in [-0.4, -0.2) is 48.1 Å². The van der Waals surface area contributed by atoms with Gasteiger partial charge in [-0.15, -0.1) is 0 Å². The summed E-state index contributed by atoms with van der Waals surface area (Å²) >= 11 is 0. The molecule has 2 rings (SSSR count). The lowest BCUT2D eigenvalue weighted by Crippen LogP contribution is -2.44. The number of nitrogens with one attached hydrogen (secondary N) is 1. The fourth-order valence-electron chi connectivity index (χ4n) is 2.52. The minimum Gasteiger partial charge on any atom is -0.467 e. The molecule has 1 N–H and O–H groups in total. The number of carbonyl (C=O) groups is 3. The van der Waals surface area contributed by atoms with Gasteiger partial charge in [0.05, 0.1) is 28.4 Å². The highest BCUT2D eigenvalue weighted by atomic mass is 32.2. The highest BCUT2D eigenvalue weighted by molar-refractivity contribution is 7.84. The molecule has 0 saturated carbocycles. The lowest BCUT2D eigenvalue weighted by atomic mass is 10.1. The van der Waals surface area contributed by atoms with Gasteiger partial charge in [0, 0.05) is 12.7 Å². The average Bonchev–Trinajstić information content (AvgIpc) is 2.71. The van der Waals surface area contributed by atoms with Gasteiger partial charge in [-0.25, -0.2) is 9.59 Å². The molecule has 8 heteroatoms. The summed E-state index contributed by atoms with van der Waals surface area (Å²) in [6.07, 6.45) is 1.69. The number of carbonyl (C=O) groups excluding carboxylic acids is 3. The number of amides is 1. The summed E-state index contributed by atoms with van der Waals surface area (Å²) < 4.78 is 21.4. The molecule has 0 radical (unpaired) electrons. The van der Waals surface area contributed by atoms with E-state index in [-0.39, 0.29) is 12.0 Å². The molecule has 0 fully saturated rings. The van der Waals surface area contributed by atoms with Crippen molar-refractivity contribution in [2.45, 2.75) is 17.4 Å². The minimum atomic E-state index is -1.38. The minimum absolute atomic E-state index is 0.130. The maximum Gasteiger partial charge on any atom is 0.339 e. The second-order valence-electron chi connectivity index (χ2n) is 5.86. The van der Waals surface area contributed by atoms with Crippen molar-refractivity contribution in [1.29, 1.82) is 0 Å². The number of benzene rings is 2. The molecule has 0 aliphatic heterocycles. The van der Waals surface area contributed by atoms with Crippen molar-refractivity contribution < 1.29 is 28.1 Å². The Morgan fingerprint density at radius 3 is 2.32 bits per heavy atom. The summed E-state index contributed by atoms with van der Waals surface area (Å²) in [5.41, 5.74) is 0.972. The molecule has 2 aromatic rings. The van der Waals surface area contributed by atoms with E-state index in [1.807, 2.05) is 30.3 Å². The van der Waals surface area contributed by atoms with Crippen LogP contribution in [0.4, 0.5) is 0 Å². The van der Waals surface area contributed by atoms with Crippen LogP contribution < -0.4 is 5.32 Å². The first-order chi connectivity index (χ1) is 13.4. The SMILES string of the molecule is COC(=O)[C@@H](Cc1ccccc1)NC(=O)COC(=O)c1ccccc1[S@@](C)=O. The number of hydrogen-bond acceptors (Lipinski definition) is 6. The highest BCUT2D eigenvalue weighted by Crippen LogP contribution is 2.13. The van der Waals surface area contributed by atoms with Crippen LogP contribution in [0.1, 0.15) is 15.9 Å². The van der Waals surface area contributed by atoms with E-state index in [2.05, 4.69) is 5.32 Å². The first-order valence-corrected chi connectivity index (χ1v) is 9.99. The third-order valence-corrected chi connectivity index (χ3v) is 4.83. The van der Waals surface area contributed by atoms with Gasteiger partial charge in [0.2, 0.25) is 0 Å². The van der Waals surface area contributed by atoms with Gasteiger partial charge >= 0.3 is 11.9 Å². The van der Waals surface area contributed by atoms with E-state index in [0.29, 0.717) is 4.90 Å². The predicted octanol–water partition coefficient (Wildman–Crippen LogP) is 1.48. The van der Waals surface area contributed by atoms with Crippen LogP contribution in [0.5, 0.6) is 0 Å². The van der Waals surface area contributed by atoms with Gasteiger partial charge in [-0.1, -0.05) is 42.5 Å². The maximum atomic E-state index is 12.2. The maximum absolute atomic E-state index is 12.2. The van der Waals surface area contributed by atoms with Crippen LogP contribution >= 0.6 is 0 Å². The summed E-state index contributed by atoms with van der Waals surface area (Å²) in [5, 5.41) is 2.51. The number of hydrogen-bond donors (Lipinski definition) is 1. The molecule has 1 amide bonds. The molecule has 0 saturated heterocycles. The van der Waals surface area contributed by atoms with Gasteiger partial charge in [0.1, 0.15) is 6.04 Å². The van der Waals surface area contributed by atoms with Crippen molar-refractivity contribution in [3.63, 3.8) is 0 Å². The van der Waals surface area contributed by atoms with E-state index >= 15 is 0 Å². The van der Waals surface area contributed by atoms with Gasteiger partial charge in [0.15, 0.2) is 6.61 Å². The molecule has 0 aromatic heterocycles. The molecule has 0 aliphatic carbocycles. The normalized spacial score (nSPS) is 12.5. The molecular weight excluding hydrogens is 382 g/mol. The van der Waals surface area contributed by atoms with E-state index in [0.717, 1.165) is 5.56 Å². The van der Waals surface area contributed by atoms with Crippen molar-refractivity contribution in [2.24, 2.45) is 0 Å². The Labute approximate surface area is 165 Å². The van der Waals surface area contributed by atoms with E-state index in [1.165, 1.54) is 19.4 Å². The van der Waals surface area contributed by atoms with Crippen molar-refractivity contribution in [3.8, 4) is 0 Å². The second kappa shape index (κ2) is 10.4. The van der Waals surface area contributed by atoms with Gasteiger partial charge in [-0.3, -0.25) is 9.00 Å². The van der Waals surface area contributed by atoms with Gasteiger partial charge in [0.25, 0.3) is 5.91 Å². The zero-order valence-corrected chi connectivity index (χ0v) is 16.4. The summed E-state index contributed by atoms with van der Waals surface area (Å²) in [6, 6.07) is 14.5. The van der Waals surface area contributed by atoms with Crippen LogP contribution in [-0.2, 0) is 36.3 Å². The number of ether oxygens (including phenoxy) is 2. The summed E-state index contributed by atoms with van der Waals surface area (Å²) in [4.78, 5) is 36.7. The van der Waals surface area contributed by atoms with Crippen molar-refractivity contribution in [3.05, 3.63) is 65.7 Å². The van der Waals surface area contributed by atoms with E-state index < -0.39 is 41.3 Å². The van der Waals surface area contributed by atoms with E-state index in [1.54, 1.807) is 18.2 Å². The van der Waals surface area contributed by atoms with Crippen LogP contribution in [0.15, 0.2) is 59.5 Å². The Balaban J connectivity index is 1.98. The van der Waals surface area contributed by atoms with Crippen LogP contribution in [0.3, 0.4) is 0 Å². The quantitative estimate of drug-likeness (QED) is 0.671. The monoisotopic (exact) mass is 403 g/mol. The molecule has 0 bridgehead atoms. The smallest absolute Gasteiger partial charge is 0.339 e. The Morgan fingerprint density at radius 2 is 1.68 bits per heavy atom. The van der Waals surface area contributed by atoms with E-state index in [4.69, 9.17) is 9.47 Å². The number of esters is 2. The molecule has 0 unspecified atom stereocenters. The van der Waals surface area contributed by atoms with E-state index in [9.17, 15) is 18.6 Å². The molecule has 0 aliphatic rings. The Hall–Kier alpha value is -3.00. The van der Waals surface area contributed by atoms with Gasteiger partial charge in [-0.2, -0.15) is 0 Å². The predicted molar refractivity (Wildman–Crippen MR) is 103 cm³/mol. The first-order valence-electron chi connectivity index (χ1n) is 8.43. The third kappa shape index (κ3) is 6.02. The average molecular weight is 403 g/mol. The topological polar surface area (TPSA) is 98.8 Å². The fourth-order valence-corrected chi connectivity index (χ4v) is 3.25. The standard InChI is InChI=1S/C20H21NO6S/c1-26-20(24)16(12-14-8-4-3-5-9-14)21-18(22)13-27-19(23)15-10-6-7-11-17(15)28(2)25/h3-11,16H,12-13H2,1-2H3,(H,21,22)/t16-,28-/m1/s1. The fraction of sp³-hybridized carbons (Fsp3) is 0.250. The molecule has 7 nitrogen and oxygen atoms in total. The van der Waals surface area contributed by atoms with Crippen LogP contribution in [0, 0.1) is 0 Å². The van der Waals surface area contributed by atoms with Gasteiger partial charge in [-0.05, 0) is 17.7 Å². The lowest BCUT2D eigenvalue weighted by Gasteiger charge is -2.16. The highest BCUT2D eigenvalue weighted by Gasteiger charge is 2.23.